The van der Waals surface area contributed by atoms with Gasteiger partial charge in [0.05, 0.1) is 0 Å². The number of hydrogen-bond acceptors (Lipinski definition) is 4. The lowest BCUT2D eigenvalue weighted by atomic mass is 10.00. The Hall–Kier alpha value is -0.440. The first-order chi connectivity index (χ1) is 8.34. The van der Waals surface area contributed by atoms with Crippen molar-refractivity contribution in [1.82, 2.24) is 0 Å². The summed E-state index contributed by atoms with van der Waals surface area (Å²) in [6.45, 7) is 5.98. The highest BCUT2D eigenvalue weighted by molar-refractivity contribution is 7.54. The largest absolute Gasteiger partial charge is 0.337 e. The number of ketones is 1. The molecule has 4 nitrogen and oxygen atoms in total. The zero-order valence-corrected chi connectivity index (χ0v) is 13.0. The molecule has 0 aromatic heterocycles. The Morgan fingerprint density at radius 3 is 2.28 bits per heavy atom. The molecule has 0 aliphatic heterocycles. The van der Waals surface area contributed by atoms with Gasteiger partial charge in [-0.15, -0.1) is 0 Å². The first-order valence-corrected chi connectivity index (χ1v) is 7.94. The third-order valence-electron chi connectivity index (χ3n) is 2.85. The summed E-state index contributed by atoms with van der Waals surface area (Å²) in [6, 6.07) is 0. The predicted molar refractivity (Wildman–Crippen MR) is 73.9 cm³/mol. The van der Waals surface area contributed by atoms with E-state index in [1.807, 2.05) is 6.92 Å². The first kappa shape index (κ1) is 17.6. The smallest absolute Gasteiger partial charge is 0.312 e. The van der Waals surface area contributed by atoms with Gasteiger partial charge in [-0.2, -0.15) is 0 Å². The molecule has 0 spiro atoms. The summed E-state index contributed by atoms with van der Waals surface area (Å²) in [5, 5.41) is 0. The highest BCUT2D eigenvalue weighted by Crippen LogP contribution is 2.46. The van der Waals surface area contributed by atoms with Crippen LogP contribution in [-0.2, 0) is 18.4 Å². The molecule has 0 bridgehead atoms. The Morgan fingerprint density at radius 1 is 1.28 bits per heavy atom. The van der Waals surface area contributed by atoms with Crippen molar-refractivity contribution in [3.05, 3.63) is 11.6 Å². The summed E-state index contributed by atoms with van der Waals surface area (Å²) in [6.07, 6.45) is 4.76. The molecule has 0 heterocycles. The van der Waals surface area contributed by atoms with E-state index in [0.717, 1.165) is 19.3 Å². The van der Waals surface area contributed by atoms with Gasteiger partial charge in [0.15, 0.2) is 0 Å². The molecule has 0 aromatic carbocycles. The Kier molecular flexibility index (Phi) is 8.41. The second-order valence-electron chi connectivity index (χ2n) is 4.71. The van der Waals surface area contributed by atoms with Crippen LogP contribution in [0.15, 0.2) is 11.6 Å². The fraction of sp³-hybridized carbons (Fsp3) is 0.769. The molecule has 1 atom stereocenters. The molecule has 5 heteroatoms. The Labute approximate surface area is 110 Å². The van der Waals surface area contributed by atoms with Crippen LogP contribution in [0.4, 0.5) is 0 Å². The Balaban J connectivity index is 4.11. The minimum Gasteiger partial charge on any atom is -0.312 e. The molecule has 0 aromatic rings. The summed E-state index contributed by atoms with van der Waals surface area (Å²) in [5.41, 5.74) is 1.29. The molecule has 0 aliphatic carbocycles. The van der Waals surface area contributed by atoms with Crippen LogP contribution in [0.25, 0.3) is 0 Å². The van der Waals surface area contributed by atoms with E-state index in [1.54, 1.807) is 0 Å². The van der Waals surface area contributed by atoms with Crippen molar-refractivity contribution in [1.29, 1.82) is 0 Å². The van der Waals surface area contributed by atoms with Crippen molar-refractivity contribution in [2.45, 2.75) is 40.0 Å². The van der Waals surface area contributed by atoms with Crippen LogP contribution >= 0.6 is 7.60 Å². The summed E-state index contributed by atoms with van der Waals surface area (Å²) < 4.78 is 21.3. The topological polar surface area (TPSA) is 52.6 Å². The number of carbonyl (C=O) groups excluding carboxylic acids is 1. The number of Topliss-reactive ketones (excluding diaryl/α,β-unsaturated/α-hetero) is 1. The van der Waals surface area contributed by atoms with Gasteiger partial charge >= 0.3 is 7.60 Å². The van der Waals surface area contributed by atoms with Crippen LogP contribution < -0.4 is 0 Å². The normalized spacial score (nSPS) is 13.2. The van der Waals surface area contributed by atoms with E-state index < -0.39 is 7.60 Å². The minimum atomic E-state index is -3.21. The molecule has 0 saturated carbocycles. The van der Waals surface area contributed by atoms with Crippen LogP contribution in [0, 0.1) is 5.92 Å². The van der Waals surface area contributed by atoms with Crippen molar-refractivity contribution in [2.75, 3.05) is 20.4 Å². The van der Waals surface area contributed by atoms with E-state index in [0.29, 0.717) is 0 Å². The number of allylic oxidation sites excluding steroid dienone is 2. The minimum absolute atomic E-state index is 0.0563. The van der Waals surface area contributed by atoms with Gasteiger partial charge in [-0.3, -0.25) is 9.36 Å². The van der Waals surface area contributed by atoms with Crippen LogP contribution in [0.3, 0.4) is 0 Å². The van der Waals surface area contributed by atoms with E-state index in [9.17, 15) is 9.36 Å². The molecule has 0 N–H and O–H groups in total. The lowest BCUT2D eigenvalue weighted by molar-refractivity contribution is -0.120. The molecule has 0 rings (SSSR count). The average molecular weight is 276 g/mol. The molecule has 0 amide bonds. The van der Waals surface area contributed by atoms with E-state index >= 15 is 0 Å². The summed E-state index contributed by atoms with van der Waals surface area (Å²) in [5.74, 6) is -0.159. The monoisotopic (exact) mass is 276 g/mol. The maximum Gasteiger partial charge on any atom is 0.337 e. The highest BCUT2D eigenvalue weighted by Gasteiger charge is 2.27. The molecular weight excluding hydrogens is 251 g/mol. The van der Waals surface area contributed by atoms with E-state index in [1.165, 1.54) is 19.8 Å². The van der Waals surface area contributed by atoms with Crippen molar-refractivity contribution in [2.24, 2.45) is 5.92 Å². The standard InChI is InChI=1S/C13H25O4P/c1-11(2)8-6-7-9-12(3)13(14)10-18(15,16-4)17-5/h8,12H,6-7,9-10H2,1-5H3. The first-order valence-electron chi connectivity index (χ1n) is 6.21. The van der Waals surface area contributed by atoms with Crippen molar-refractivity contribution < 1.29 is 18.4 Å². The third kappa shape index (κ3) is 7.10. The van der Waals surface area contributed by atoms with Gasteiger partial charge < -0.3 is 9.05 Å². The lowest BCUT2D eigenvalue weighted by Crippen LogP contribution is -2.16. The van der Waals surface area contributed by atoms with Crippen LogP contribution in [0.1, 0.15) is 40.0 Å². The summed E-state index contributed by atoms with van der Waals surface area (Å²) in [7, 11) is -0.602. The van der Waals surface area contributed by atoms with Crippen molar-refractivity contribution >= 4 is 13.4 Å². The van der Waals surface area contributed by atoms with Gasteiger partial charge in [0.2, 0.25) is 0 Å². The molecule has 0 fully saturated rings. The van der Waals surface area contributed by atoms with Crippen molar-refractivity contribution in [3.8, 4) is 0 Å². The Bertz CT molecular complexity index is 324. The lowest BCUT2D eigenvalue weighted by Gasteiger charge is -2.15. The van der Waals surface area contributed by atoms with E-state index in [4.69, 9.17) is 9.05 Å². The van der Waals surface area contributed by atoms with Gasteiger partial charge in [0, 0.05) is 20.1 Å². The van der Waals surface area contributed by atoms with Crippen molar-refractivity contribution in [3.63, 3.8) is 0 Å². The molecule has 0 aliphatic rings. The summed E-state index contributed by atoms with van der Waals surface area (Å²) in [4.78, 5) is 11.9. The fourth-order valence-corrected chi connectivity index (χ4v) is 2.63. The summed E-state index contributed by atoms with van der Waals surface area (Å²) >= 11 is 0. The highest BCUT2D eigenvalue weighted by atomic mass is 31.2. The molecular formula is C13H25O4P. The van der Waals surface area contributed by atoms with E-state index in [-0.39, 0.29) is 17.9 Å². The van der Waals surface area contributed by atoms with Gasteiger partial charge in [0.25, 0.3) is 0 Å². The predicted octanol–water partition coefficient (Wildman–Crippen LogP) is 3.81. The average Bonchev–Trinajstić information content (AvgIpc) is 2.33. The van der Waals surface area contributed by atoms with Gasteiger partial charge in [-0.1, -0.05) is 18.6 Å². The quantitative estimate of drug-likeness (QED) is 0.365. The number of unbranched alkanes of at least 4 members (excludes halogenated alkanes) is 1. The molecule has 18 heavy (non-hydrogen) atoms. The molecule has 0 radical (unpaired) electrons. The maximum absolute atomic E-state index is 11.9. The second kappa shape index (κ2) is 8.63. The van der Waals surface area contributed by atoms with Gasteiger partial charge in [-0.05, 0) is 33.1 Å². The van der Waals surface area contributed by atoms with Crippen LogP contribution in [0.5, 0.6) is 0 Å². The van der Waals surface area contributed by atoms with Crippen LogP contribution in [0.2, 0.25) is 0 Å². The number of hydrogen-bond donors (Lipinski definition) is 0. The Morgan fingerprint density at radius 2 is 1.83 bits per heavy atom. The third-order valence-corrected chi connectivity index (χ3v) is 4.66. The van der Waals surface area contributed by atoms with Crippen LogP contribution in [-0.4, -0.2) is 26.2 Å². The SMILES string of the molecule is COP(=O)(CC(=O)C(C)CCCC=C(C)C)OC. The zero-order chi connectivity index (χ0) is 14.2. The molecule has 1 unspecified atom stereocenters. The zero-order valence-electron chi connectivity index (χ0n) is 12.1. The van der Waals surface area contributed by atoms with Gasteiger partial charge in [0.1, 0.15) is 11.9 Å². The number of carbonyl (C=O) groups is 1. The molecule has 0 saturated heterocycles. The maximum atomic E-state index is 11.9. The van der Waals surface area contributed by atoms with E-state index in [2.05, 4.69) is 19.9 Å². The van der Waals surface area contributed by atoms with Gasteiger partial charge in [-0.25, -0.2) is 0 Å². The molecule has 106 valence electrons. The number of rotatable bonds is 9. The second-order valence-corrected chi connectivity index (χ2v) is 6.98. The fourth-order valence-electron chi connectivity index (χ4n) is 1.53.